The molecule has 0 aromatic heterocycles. The highest BCUT2D eigenvalue weighted by molar-refractivity contribution is 5.78. The molecule has 0 saturated carbocycles. The van der Waals surface area contributed by atoms with Gasteiger partial charge in [-0.2, -0.15) is 0 Å². The second kappa shape index (κ2) is 6.36. The second-order valence-corrected chi connectivity index (χ2v) is 5.27. The number of hydrogen-bond donors (Lipinski definition) is 1. The van der Waals surface area contributed by atoms with Crippen molar-refractivity contribution in [1.29, 1.82) is 0 Å². The van der Waals surface area contributed by atoms with E-state index in [1.165, 1.54) is 32.1 Å². The number of amides is 1. The normalized spacial score (nSPS) is 26.4. The first-order valence-electron chi connectivity index (χ1n) is 6.97. The van der Waals surface area contributed by atoms with Gasteiger partial charge in [-0.25, -0.2) is 0 Å². The molecular formula is C13H25N3O. The fourth-order valence-corrected chi connectivity index (χ4v) is 2.98. The van der Waals surface area contributed by atoms with Crippen LogP contribution < -0.4 is 5.32 Å². The first kappa shape index (κ1) is 12.8. The van der Waals surface area contributed by atoms with E-state index in [0.717, 1.165) is 26.2 Å². The van der Waals surface area contributed by atoms with Gasteiger partial charge in [-0.05, 0) is 39.3 Å². The van der Waals surface area contributed by atoms with Crippen molar-refractivity contribution in [2.45, 2.75) is 38.1 Å². The molecule has 2 saturated heterocycles. The van der Waals surface area contributed by atoms with Crippen LogP contribution in [0.4, 0.5) is 0 Å². The molecule has 0 spiro atoms. The maximum absolute atomic E-state index is 12.1. The molecule has 17 heavy (non-hydrogen) atoms. The van der Waals surface area contributed by atoms with Crippen molar-refractivity contribution in [3.05, 3.63) is 0 Å². The third-order valence-corrected chi connectivity index (χ3v) is 3.99. The number of rotatable bonds is 4. The van der Waals surface area contributed by atoms with Gasteiger partial charge in [0.2, 0.25) is 5.91 Å². The number of nitrogens with zero attached hydrogens (tertiary/aromatic N) is 2. The summed E-state index contributed by atoms with van der Waals surface area (Å²) in [6, 6.07) is 0.556. The van der Waals surface area contributed by atoms with Crippen molar-refractivity contribution in [2.24, 2.45) is 0 Å². The lowest BCUT2D eigenvalue weighted by Gasteiger charge is -2.36. The van der Waals surface area contributed by atoms with Gasteiger partial charge in [-0.1, -0.05) is 6.42 Å². The van der Waals surface area contributed by atoms with Crippen molar-refractivity contribution >= 4 is 5.91 Å². The number of nitrogens with one attached hydrogen (secondary N) is 1. The summed E-state index contributed by atoms with van der Waals surface area (Å²) in [4.78, 5) is 16.5. The van der Waals surface area contributed by atoms with Crippen molar-refractivity contribution in [1.82, 2.24) is 15.1 Å². The number of hydrogen-bond acceptors (Lipinski definition) is 3. The van der Waals surface area contributed by atoms with Crippen LogP contribution in [0.25, 0.3) is 0 Å². The van der Waals surface area contributed by atoms with Crippen LogP contribution in [0.5, 0.6) is 0 Å². The third kappa shape index (κ3) is 3.42. The van der Waals surface area contributed by atoms with Gasteiger partial charge in [0.1, 0.15) is 0 Å². The Hall–Kier alpha value is -0.610. The lowest BCUT2D eigenvalue weighted by molar-refractivity contribution is -0.132. The van der Waals surface area contributed by atoms with Crippen LogP contribution in [0.1, 0.15) is 32.1 Å². The minimum absolute atomic E-state index is 0.338. The van der Waals surface area contributed by atoms with Gasteiger partial charge in [0.25, 0.3) is 0 Å². The minimum atomic E-state index is 0.338. The number of carbonyl (C=O) groups excluding carboxylic acids is 1. The monoisotopic (exact) mass is 239 g/mol. The number of carbonyl (C=O) groups is 1. The van der Waals surface area contributed by atoms with Crippen LogP contribution in [0.15, 0.2) is 0 Å². The van der Waals surface area contributed by atoms with Gasteiger partial charge < -0.3 is 10.2 Å². The van der Waals surface area contributed by atoms with Crippen LogP contribution in [-0.2, 0) is 4.79 Å². The van der Waals surface area contributed by atoms with Crippen LogP contribution >= 0.6 is 0 Å². The maximum atomic E-state index is 12.1. The maximum Gasteiger partial charge on any atom is 0.236 e. The Morgan fingerprint density at radius 3 is 2.59 bits per heavy atom. The second-order valence-electron chi connectivity index (χ2n) is 5.27. The van der Waals surface area contributed by atoms with E-state index in [-0.39, 0.29) is 0 Å². The average molecular weight is 239 g/mol. The van der Waals surface area contributed by atoms with E-state index in [4.69, 9.17) is 0 Å². The molecule has 0 aliphatic carbocycles. The first-order chi connectivity index (χ1) is 8.31. The quantitative estimate of drug-likeness (QED) is 0.784. The standard InChI is InChI=1S/C13H25N3O/c1-14-10-12-6-2-3-9-16(12)11-13(17)15-7-4-5-8-15/h12,14H,2-11H2,1H3. The molecule has 4 nitrogen and oxygen atoms in total. The van der Waals surface area contributed by atoms with Gasteiger partial charge in [0, 0.05) is 25.7 Å². The number of likely N-dealkylation sites (tertiary alicyclic amines) is 2. The van der Waals surface area contributed by atoms with E-state index in [1.807, 2.05) is 11.9 Å². The first-order valence-corrected chi connectivity index (χ1v) is 6.97. The molecule has 2 aliphatic heterocycles. The van der Waals surface area contributed by atoms with E-state index in [0.29, 0.717) is 18.5 Å². The SMILES string of the molecule is CNCC1CCCCN1CC(=O)N1CCCC1. The van der Waals surface area contributed by atoms with Crippen molar-refractivity contribution in [3.8, 4) is 0 Å². The molecule has 1 atom stereocenters. The Balaban J connectivity index is 1.84. The highest BCUT2D eigenvalue weighted by Gasteiger charge is 2.26. The van der Waals surface area contributed by atoms with Crippen LogP contribution in [0.3, 0.4) is 0 Å². The molecule has 98 valence electrons. The topological polar surface area (TPSA) is 35.6 Å². The molecule has 0 aromatic rings. The molecule has 1 N–H and O–H groups in total. The summed E-state index contributed by atoms with van der Waals surface area (Å²) in [5.41, 5.74) is 0. The lowest BCUT2D eigenvalue weighted by Crippen LogP contribution is -2.49. The van der Waals surface area contributed by atoms with Gasteiger partial charge in [0.15, 0.2) is 0 Å². The Bertz CT molecular complexity index is 249. The van der Waals surface area contributed by atoms with Crippen LogP contribution in [-0.4, -0.2) is 61.5 Å². The zero-order valence-electron chi connectivity index (χ0n) is 11.0. The summed E-state index contributed by atoms with van der Waals surface area (Å²) in [6.07, 6.45) is 6.15. The zero-order chi connectivity index (χ0) is 12.1. The molecule has 2 fully saturated rings. The Morgan fingerprint density at radius 2 is 1.88 bits per heavy atom. The molecule has 0 bridgehead atoms. The molecule has 0 aromatic carbocycles. The van der Waals surface area contributed by atoms with Gasteiger partial charge >= 0.3 is 0 Å². The van der Waals surface area contributed by atoms with Crippen LogP contribution in [0.2, 0.25) is 0 Å². The van der Waals surface area contributed by atoms with Crippen molar-refractivity contribution in [3.63, 3.8) is 0 Å². The third-order valence-electron chi connectivity index (χ3n) is 3.99. The average Bonchev–Trinajstić information content (AvgIpc) is 2.85. The van der Waals surface area contributed by atoms with E-state index in [2.05, 4.69) is 10.2 Å². The summed E-state index contributed by atoms with van der Waals surface area (Å²) in [5.74, 6) is 0.338. The Morgan fingerprint density at radius 1 is 1.18 bits per heavy atom. The van der Waals surface area contributed by atoms with Crippen molar-refractivity contribution in [2.75, 3.05) is 39.8 Å². The molecule has 2 rings (SSSR count). The predicted octanol–water partition coefficient (Wildman–Crippen LogP) is 0.683. The highest BCUT2D eigenvalue weighted by atomic mass is 16.2. The Kier molecular flexibility index (Phi) is 4.80. The van der Waals surface area contributed by atoms with Crippen LogP contribution in [0, 0.1) is 0 Å². The summed E-state index contributed by atoms with van der Waals surface area (Å²) in [6.45, 7) is 4.68. The molecule has 2 aliphatic rings. The smallest absolute Gasteiger partial charge is 0.236 e. The molecule has 1 unspecified atom stereocenters. The predicted molar refractivity (Wildman–Crippen MR) is 69.0 cm³/mol. The number of piperidine rings is 1. The highest BCUT2D eigenvalue weighted by Crippen LogP contribution is 2.17. The zero-order valence-corrected chi connectivity index (χ0v) is 11.0. The van der Waals surface area contributed by atoms with E-state index in [9.17, 15) is 4.79 Å². The molecule has 1 amide bonds. The summed E-state index contributed by atoms with van der Waals surface area (Å²) < 4.78 is 0. The van der Waals surface area contributed by atoms with Gasteiger partial charge in [-0.3, -0.25) is 9.69 Å². The minimum Gasteiger partial charge on any atom is -0.342 e. The lowest BCUT2D eigenvalue weighted by atomic mass is 10.0. The molecule has 4 heteroatoms. The molecular weight excluding hydrogens is 214 g/mol. The van der Waals surface area contributed by atoms with Gasteiger partial charge in [-0.15, -0.1) is 0 Å². The molecule has 0 radical (unpaired) electrons. The number of likely N-dealkylation sites (N-methyl/N-ethyl adjacent to an activating group) is 1. The van der Waals surface area contributed by atoms with E-state index < -0.39 is 0 Å². The molecule has 2 heterocycles. The Labute approximate surface area is 104 Å². The van der Waals surface area contributed by atoms with Gasteiger partial charge in [0.05, 0.1) is 6.54 Å². The fourth-order valence-electron chi connectivity index (χ4n) is 2.98. The summed E-state index contributed by atoms with van der Waals surface area (Å²) >= 11 is 0. The summed E-state index contributed by atoms with van der Waals surface area (Å²) in [5, 5.41) is 3.24. The van der Waals surface area contributed by atoms with E-state index >= 15 is 0 Å². The van der Waals surface area contributed by atoms with Crippen molar-refractivity contribution < 1.29 is 4.79 Å². The fraction of sp³-hybridized carbons (Fsp3) is 0.923. The largest absolute Gasteiger partial charge is 0.342 e. The summed E-state index contributed by atoms with van der Waals surface area (Å²) in [7, 11) is 2.00. The van der Waals surface area contributed by atoms with E-state index in [1.54, 1.807) is 0 Å².